The van der Waals surface area contributed by atoms with Crippen molar-refractivity contribution in [2.45, 2.75) is 20.1 Å². The number of benzene rings is 1. The Labute approximate surface area is 156 Å². The Balaban J connectivity index is 2.10. The molecule has 28 heavy (non-hydrogen) atoms. The summed E-state index contributed by atoms with van der Waals surface area (Å²) in [6.07, 6.45) is 1.24. The first-order chi connectivity index (χ1) is 13.4. The molecule has 7 nitrogen and oxygen atoms in total. The molecule has 0 aliphatic carbocycles. The zero-order valence-corrected chi connectivity index (χ0v) is 14.7. The van der Waals surface area contributed by atoms with E-state index in [1.54, 1.807) is 6.92 Å². The van der Waals surface area contributed by atoms with Crippen molar-refractivity contribution in [3.63, 3.8) is 0 Å². The molecule has 11 heteroatoms. The molecule has 0 atom stereocenters. The molecule has 150 valence electrons. The summed E-state index contributed by atoms with van der Waals surface area (Å²) < 4.78 is 69.5. The summed E-state index contributed by atoms with van der Waals surface area (Å²) in [6, 6.07) is 4.11. The van der Waals surface area contributed by atoms with Gasteiger partial charge in [-0.2, -0.15) is 17.6 Å². The molecule has 1 N–H and O–H groups in total. The second kappa shape index (κ2) is 8.30. The Hall–Kier alpha value is -3.08. The lowest BCUT2D eigenvalue weighted by Gasteiger charge is -2.15. The Bertz CT molecular complexity index is 965. The van der Waals surface area contributed by atoms with Gasteiger partial charge in [-0.3, -0.25) is 0 Å². The van der Waals surface area contributed by atoms with E-state index in [2.05, 4.69) is 24.7 Å². The number of aromatic nitrogens is 3. The quantitative estimate of drug-likeness (QED) is 0.452. The highest BCUT2D eigenvalue weighted by Gasteiger charge is 2.19. The van der Waals surface area contributed by atoms with Crippen molar-refractivity contribution in [2.75, 3.05) is 13.9 Å². The predicted octanol–water partition coefficient (Wildman–Crippen LogP) is 4.12. The molecule has 0 unspecified atom stereocenters. The monoisotopic (exact) mass is 401 g/mol. The molecule has 2 aromatic heterocycles. The van der Waals surface area contributed by atoms with E-state index in [1.807, 2.05) is 0 Å². The molecule has 0 spiro atoms. The van der Waals surface area contributed by atoms with Crippen LogP contribution in [-0.4, -0.2) is 42.3 Å². The average Bonchev–Trinajstić information content (AvgIpc) is 3.00. The van der Waals surface area contributed by atoms with Crippen LogP contribution < -0.4 is 14.2 Å². The Morgan fingerprint density at radius 3 is 2.43 bits per heavy atom. The summed E-state index contributed by atoms with van der Waals surface area (Å²) in [5.74, 6) is -0.0615. The van der Waals surface area contributed by atoms with Gasteiger partial charge in [0.1, 0.15) is 11.5 Å². The number of fused-ring (bicyclic) bond motifs is 1. The van der Waals surface area contributed by atoms with Gasteiger partial charge in [-0.15, -0.1) is 10.2 Å². The van der Waals surface area contributed by atoms with E-state index in [0.717, 1.165) is 0 Å². The second-order valence-electron chi connectivity index (χ2n) is 5.57. The number of aryl methyl sites for hydroxylation is 1. The normalized spacial score (nSPS) is 11.4. The maximum absolute atomic E-state index is 12.6. The van der Waals surface area contributed by atoms with Crippen LogP contribution in [0.5, 0.6) is 17.2 Å². The van der Waals surface area contributed by atoms with Crippen LogP contribution >= 0.6 is 0 Å². The maximum Gasteiger partial charge on any atom is 0.387 e. The fraction of sp³-hybridized carbons (Fsp3) is 0.294. The zero-order chi connectivity index (χ0) is 20.3. The number of H-pyrrole nitrogens is 1. The van der Waals surface area contributed by atoms with Gasteiger partial charge in [-0.25, -0.2) is 0 Å². The summed E-state index contributed by atoms with van der Waals surface area (Å²) >= 11 is 0. The Morgan fingerprint density at radius 2 is 1.75 bits per heavy atom. The minimum absolute atomic E-state index is 0.101. The number of nitrogens with zero attached hydrogens (tertiary/aromatic N) is 2. The third kappa shape index (κ3) is 4.25. The SMILES string of the molecule is COCOc1cc(OC(F)F)cc(C)c1-c1cc2c(OC(F)F)c[nH]c2nn1. The van der Waals surface area contributed by atoms with Gasteiger partial charge in [0, 0.05) is 24.9 Å². The highest BCUT2D eigenvalue weighted by Crippen LogP contribution is 2.38. The minimum atomic E-state index is -3.01. The number of halogens is 4. The number of rotatable bonds is 8. The van der Waals surface area contributed by atoms with Gasteiger partial charge in [-0.1, -0.05) is 0 Å². The molecule has 0 radical (unpaired) electrons. The van der Waals surface area contributed by atoms with Crippen molar-refractivity contribution >= 4 is 11.0 Å². The lowest BCUT2D eigenvalue weighted by Crippen LogP contribution is -2.06. The van der Waals surface area contributed by atoms with Gasteiger partial charge in [0.2, 0.25) is 0 Å². The van der Waals surface area contributed by atoms with E-state index in [-0.39, 0.29) is 40.8 Å². The second-order valence-corrected chi connectivity index (χ2v) is 5.57. The zero-order valence-electron chi connectivity index (χ0n) is 14.7. The van der Waals surface area contributed by atoms with Crippen LogP contribution in [0.25, 0.3) is 22.3 Å². The molecule has 0 bridgehead atoms. The summed E-state index contributed by atoms with van der Waals surface area (Å²) in [4.78, 5) is 2.68. The van der Waals surface area contributed by atoms with Crippen molar-refractivity contribution in [3.05, 3.63) is 30.0 Å². The van der Waals surface area contributed by atoms with Gasteiger partial charge in [0.25, 0.3) is 0 Å². The predicted molar refractivity (Wildman–Crippen MR) is 89.8 cm³/mol. The number of hydrogen-bond donors (Lipinski definition) is 1. The van der Waals surface area contributed by atoms with Gasteiger partial charge in [0.05, 0.1) is 11.1 Å². The van der Waals surface area contributed by atoms with Crippen molar-refractivity contribution in [3.8, 4) is 28.5 Å². The summed E-state index contributed by atoms with van der Waals surface area (Å²) in [6.45, 7) is -4.55. The third-order valence-corrected chi connectivity index (χ3v) is 3.70. The number of ether oxygens (including phenoxy) is 4. The lowest BCUT2D eigenvalue weighted by molar-refractivity contribution is -0.0503. The van der Waals surface area contributed by atoms with Crippen LogP contribution in [0.3, 0.4) is 0 Å². The van der Waals surface area contributed by atoms with Gasteiger partial charge < -0.3 is 23.9 Å². The molecule has 0 amide bonds. The number of alkyl halides is 4. The summed E-state index contributed by atoms with van der Waals surface area (Å²) in [5, 5.41) is 8.28. The smallest absolute Gasteiger partial charge is 0.387 e. The van der Waals surface area contributed by atoms with E-state index >= 15 is 0 Å². The van der Waals surface area contributed by atoms with E-state index in [1.165, 1.54) is 31.5 Å². The van der Waals surface area contributed by atoms with E-state index in [9.17, 15) is 17.6 Å². The minimum Gasteiger partial charge on any atom is -0.467 e. The van der Waals surface area contributed by atoms with Crippen LogP contribution in [0.1, 0.15) is 5.56 Å². The molecular formula is C17H15F4N3O4. The third-order valence-electron chi connectivity index (χ3n) is 3.70. The molecule has 0 saturated heterocycles. The van der Waals surface area contributed by atoms with Crippen molar-refractivity contribution in [1.82, 2.24) is 15.2 Å². The summed E-state index contributed by atoms with van der Waals surface area (Å²) in [7, 11) is 1.39. The van der Waals surface area contributed by atoms with Crippen molar-refractivity contribution < 1.29 is 36.5 Å². The fourth-order valence-electron chi connectivity index (χ4n) is 2.67. The number of nitrogens with one attached hydrogen (secondary N) is 1. The highest BCUT2D eigenvalue weighted by molar-refractivity contribution is 5.87. The lowest BCUT2D eigenvalue weighted by atomic mass is 10.0. The molecule has 3 aromatic rings. The van der Waals surface area contributed by atoms with Crippen LogP contribution in [0.2, 0.25) is 0 Å². The highest BCUT2D eigenvalue weighted by atomic mass is 19.3. The number of hydrogen-bond acceptors (Lipinski definition) is 6. The molecule has 1 aromatic carbocycles. The van der Waals surface area contributed by atoms with Crippen LogP contribution in [0.4, 0.5) is 17.6 Å². The molecule has 0 aliphatic heterocycles. The van der Waals surface area contributed by atoms with Gasteiger partial charge in [-0.05, 0) is 24.6 Å². The van der Waals surface area contributed by atoms with Crippen LogP contribution in [0, 0.1) is 6.92 Å². The van der Waals surface area contributed by atoms with E-state index in [4.69, 9.17) is 9.47 Å². The van der Waals surface area contributed by atoms with Gasteiger partial charge in [0.15, 0.2) is 18.2 Å². The first-order valence-corrected chi connectivity index (χ1v) is 7.90. The standard InChI is InChI=1S/C17H15F4N3O4/c1-8-3-9(27-16(18)19)4-12(26-7-25-2)14(8)11-5-10-13(28-17(20)21)6-22-15(10)24-23-11/h3-6,16-17H,7H2,1-2H3,(H,22,24). The summed E-state index contributed by atoms with van der Waals surface area (Å²) in [5.41, 5.74) is 1.41. The van der Waals surface area contributed by atoms with Crippen LogP contribution in [0.15, 0.2) is 24.4 Å². The van der Waals surface area contributed by atoms with Gasteiger partial charge >= 0.3 is 13.2 Å². The number of aromatic amines is 1. The Morgan fingerprint density at radius 1 is 1.00 bits per heavy atom. The maximum atomic E-state index is 12.6. The molecule has 3 rings (SSSR count). The average molecular weight is 401 g/mol. The van der Waals surface area contributed by atoms with Crippen molar-refractivity contribution in [2.24, 2.45) is 0 Å². The molecular weight excluding hydrogens is 386 g/mol. The molecule has 0 fully saturated rings. The van der Waals surface area contributed by atoms with E-state index in [0.29, 0.717) is 11.1 Å². The van der Waals surface area contributed by atoms with E-state index < -0.39 is 13.2 Å². The molecule has 2 heterocycles. The topological polar surface area (TPSA) is 78.5 Å². The fourth-order valence-corrected chi connectivity index (χ4v) is 2.67. The first-order valence-electron chi connectivity index (χ1n) is 7.90. The number of methoxy groups -OCH3 is 1. The molecule has 0 aliphatic rings. The largest absolute Gasteiger partial charge is 0.467 e. The molecule has 0 saturated carbocycles. The first kappa shape index (κ1) is 19.7. The Kier molecular flexibility index (Phi) is 5.83. The van der Waals surface area contributed by atoms with Crippen LogP contribution in [-0.2, 0) is 4.74 Å². The van der Waals surface area contributed by atoms with Crippen molar-refractivity contribution in [1.29, 1.82) is 0 Å².